The second-order valence-electron chi connectivity index (χ2n) is 6.35. The van der Waals surface area contributed by atoms with Gasteiger partial charge in [0.05, 0.1) is 11.6 Å². The Kier molecular flexibility index (Phi) is 4.99. The summed E-state index contributed by atoms with van der Waals surface area (Å²) in [7, 11) is 0. The molecule has 1 amide bonds. The lowest BCUT2D eigenvalue weighted by molar-refractivity contribution is -0.0337. The van der Waals surface area contributed by atoms with Crippen molar-refractivity contribution in [3.63, 3.8) is 0 Å². The number of nitrogens with one attached hydrogen (secondary N) is 3. The van der Waals surface area contributed by atoms with E-state index in [-0.39, 0.29) is 23.7 Å². The van der Waals surface area contributed by atoms with E-state index in [2.05, 4.69) is 34.1 Å². The van der Waals surface area contributed by atoms with Crippen molar-refractivity contribution in [2.45, 2.75) is 51.7 Å². The molecular formula is C17H24N4O3. The number of carbonyl (C=O) groups excluding carboxylic acids is 1. The third kappa shape index (κ3) is 3.51. The van der Waals surface area contributed by atoms with Crippen LogP contribution in [0.4, 0.5) is 0 Å². The van der Waals surface area contributed by atoms with Crippen molar-refractivity contribution in [2.75, 3.05) is 6.61 Å². The van der Waals surface area contributed by atoms with Crippen LogP contribution in [0.1, 0.15) is 50.0 Å². The van der Waals surface area contributed by atoms with Crippen molar-refractivity contribution in [1.29, 1.82) is 0 Å². The molecule has 0 aromatic carbocycles. The fourth-order valence-electron chi connectivity index (χ4n) is 3.40. The van der Waals surface area contributed by atoms with Gasteiger partial charge in [-0.25, -0.2) is 9.78 Å². The third-order valence-electron chi connectivity index (χ3n) is 4.83. The molecule has 3 rings (SSSR count). The Morgan fingerprint density at radius 1 is 1.38 bits per heavy atom. The van der Waals surface area contributed by atoms with Crippen molar-refractivity contribution < 1.29 is 9.53 Å². The van der Waals surface area contributed by atoms with Crippen LogP contribution in [0.2, 0.25) is 0 Å². The van der Waals surface area contributed by atoms with E-state index in [1.165, 1.54) is 0 Å². The Morgan fingerprint density at radius 3 is 2.92 bits per heavy atom. The fraction of sp³-hybridized carbons (Fsp3) is 0.588. The van der Waals surface area contributed by atoms with Gasteiger partial charge in [0.25, 0.3) is 5.91 Å². The number of H-pyrrole nitrogens is 2. The molecule has 1 fully saturated rings. The number of pyridine rings is 1. The van der Waals surface area contributed by atoms with E-state index in [1.807, 2.05) is 0 Å². The molecule has 0 saturated carbocycles. The maximum atomic E-state index is 12.5. The van der Waals surface area contributed by atoms with E-state index in [9.17, 15) is 9.59 Å². The number of carbonyl (C=O) groups is 1. The molecule has 24 heavy (non-hydrogen) atoms. The zero-order valence-electron chi connectivity index (χ0n) is 14.1. The maximum Gasteiger partial charge on any atom is 0.325 e. The van der Waals surface area contributed by atoms with Crippen molar-refractivity contribution in [3.8, 4) is 0 Å². The number of hydrogen-bond donors (Lipinski definition) is 3. The number of amides is 1. The van der Waals surface area contributed by atoms with Gasteiger partial charge >= 0.3 is 5.69 Å². The Bertz CT molecular complexity index is 763. The molecule has 7 heteroatoms. The van der Waals surface area contributed by atoms with Crippen molar-refractivity contribution in [2.24, 2.45) is 5.92 Å². The van der Waals surface area contributed by atoms with Crippen LogP contribution in [0.5, 0.6) is 0 Å². The van der Waals surface area contributed by atoms with Gasteiger partial charge in [0.2, 0.25) is 0 Å². The number of rotatable bonds is 5. The van der Waals surface area contributed by atoms with E-state index in [0.29, 0.717) is 29.4 Å². The summed E-state index contributed by atoms with van der Waals surface area (Å²) in [6.45, 7) is 5.02. The highest BCUT2D eigenvalue weighted by Gasteiger charge is 2.28. The van der Waals surface area contributed by atoms with Crippen LogP contribution in [0, 0.1) is 5.92 Å². The number of ether oxygens (including phenoxy) is 1. The molecule has 3 heterocycles. The van der Waals surface area contributed by atoms with Crippen LogP contribution in [-0.4, -0.2) is 39.6 Å². The van der Waals surface area contributed by atoms with Crippen molar-refractivity contribution in [1.82, 2.24) is 20.3 Å². The lowest BCUT2D eigenvalue weighted by Crippen LogP contribution is -2.44. The number of aromatic amines is 2. The van der Waals surface area contributed by atoms with Crippen molar-refractivity contribution in [3.05, 3.63) is 28.3 Å². The second kappa shape index (κ2) is 7.17. The van der Waals surface area contributed by atoms with E-state index < -0.39 is 0 Å². The Morgan fingerprint density at radius 2 is 2.17 bits per heavy atom. The topological polar surface area (TPSA) is 99.9 Å². The van der Waals surface area contributed by atoms with E-state index in [0.717, 1.165) is 25.7 Å². The SMILES string of the molecule is CCC(CC)[C@@H]1C[C@@H](NC(=O)c2ccc3[nH]c(=O)[nH]c3n2)CCO1. The first kappa shape index (κ1) is 16.7. The summed E-state index contributed by atoms with van der Waals surface area (Å²) in [6.07, 6.45) is 4.02. The summed E-state index contributed by atoms with van der Waals surface area (Å²) in [5.74, 6) is 0.318. The Balaban J connectivity index is 1.67. The highest BCUT2D eigenvalue weighted by molar-refractivity contribution is 5.94. The molecule has 1 saturated heterocycles. The summed E-state index contributed by atoms with van der Waals surface area (Å²) < 4.78 is 5.89. The minimum absolute atomic E-state index is 0.0969. The first-order valence-corrected chi connectivity index (χ1v) is 8.62. The normalized spacial score (nSPS) is 21.3. The van der Waals surface area contributed by atoms with Crippen LogP contribution >= 0.6 is 0 Å². The average molecular weight is 332 g/mol. The monoisotopic (exact) mass is 332 g/mol. The molecule has 130 valence electrons. The van der Waals surface area contributed by atoms with E-state index >= 15 is 0 Å². The minimum Gasteiger partial charge on any atom is -0.378 e. The number of imidazole rings is 1. The molecule has 0 aliphatic carbocycles. The molecule has 1 aliphatic rings. The highest BCUT2D eigenvalue weighted by Crippen LogP contribution is 2.25. The van der Waals surface area contributed by atoms with Gasteiger partial charge in [-0.2, -0.15) is 0 Å². The second-order valence-corrected chi connectivity index (χ2v) is 6.35. The van der Waals surface area contributed by atoms with Gasteiger partial charge in [0.15, 0.2) is 5.65 Å². The first-order valence-electron chi connectivity index (χ1n) is 8.62. The minimum atomic E-state index is -0.326. The van der Waals surface area contributed by atoms with Gasteiger partial charge in [-0.1, -0.05) is 26.7 Å². The molecule has 0 unspecified atom stereocenters. The fourth-order valence-corrected chi connectivity index (χ4v) is 3.40. The molecule has 0 radical (unpaired) electrons. The predicted octanol–water partition coefficient (Wildman–Crippen LogP) is 1.96. The molecule has 2 atom stereocenters. The lowest BCUT2D eigenvalue weighted by atomic mass is 9.89. The number of aromatic nitrogens is 3. The molecule has 1 aliphatic heterocycles. The summed E-state index contributed by atoms with van der Waals surface area (Å²) in [6, 6.07) is 3.41. The summed E-state index contributed by atoms with van der Waals surface area (Å²) in [4.78, 5) is 33.1. The number of nitrogens with zero attached hydrogens (tertiary/aromatic N) is 1. The Hall–Kier alpha value is -2.15. The average Bonchev–Trinajstić information content (AvgIpc) is 2.95. The van der Waals surface area contributed by atoms with Gasteiger partial charge < -0.3 is 15.0 Å². The van der Waals surface area contributed by atoms with Crippen molar-refractivity contribution >= 4 is 17.1 Å². The molecule has 7 nitrogen and oxygen atoms in total. The van der Waals surface area contributed by atoms with Gasteiger partial charge in [-0.3, -0.25) is 9.78 Å². The van der Waals surface area contributed by atoms with Gasteiger partial charge in [0, 0.05) is 12.6 Å². The summed E-state index contributed by atoms with van der Waals surface area (Å²) >= 11 is 0. The van der Waals surface area contributed by atoms with Crippen LogP contribution < -0.4 is 11.0 Å². The van der Waals surface area contributed by atoms with Crippen LogP contribution in [-0.2, 0) is 4.74 Å². The highest BCUT2D eigenvalue weighted by atomic mass is 16.5. The molecule has 2 aromatic rings. The predicted molar refractivity (Wildman–Crippen MR) is 91.0 cm³/mol. The van der Waals surface area contributed by atoms with Gasteiger partial charge in [-0.15, -0.1) is 0 Å². The number of hydrogen-bond acceptors (Lipinski definition) is 4. The quantitative estimate of drug-likeness (QED) is 0.779. The largest absolute Gasteiger partial charge is 0.378 e. The Labute approximate surface area is 140 Å². The lowest BCUT2D eigenvalue weighted by Gasteiger charge is -2.34. The van der Waals surface area contributed by atoms with Gasteiger partial charge in [0.1, 0.15) is 5.69 Å². The molecule has 0 bridgehead atoms. The van der Waals surface area contributed by atoms with E-state index in [4.69, 9.17) is 4.74 Å². The standard InChI is InChI=1S/C17H24N4O3/c1-3-10(4-2)14-9-11(7-8-24-14)18-16(22)13-6-5-12-15(19-13)21-17(23)20-12/h5-6,10-11,14H,3-4,7-9H2,1-2H3,(H,18,22)(H2,19,20,21,23)/t11-,14-/m0/s1. The summed E-state index contributed by atoms with van der Waals surface area (Å²) in [5.41, 5.74) is 0.974. The first-order chi connectivity index (χ1) is 11.6. The maximum absolute atomic E-state index is 12.5. The molecule has 2 aromatic heterocycles. The van der Waals surface area contributed by atoms with Crippen LogP contribution in [0.15, 0.2) is 16.9 Å². The number of fused-ring (bicyclic) bond motifs is 1. The smallest absolute Gasteiger partial charge is 0.325 e. The zero-order chi connectivity index (χ0) is 17.1. The van der Waals surface area contributed by atoms with Crippen LogP contribution in [0.25, 0.3) is 11.2 Å². The zero-order valence-corrected chi connectivity index (χ0v) is 14.1. The third-order valence-corrected chi connectivity index (χ3v) is 4.83. The summed E-state index contributed by atoms with van der Waals surface area (Å²) in [5, 5.41) is 3.06. The molecular weight excluding hydrogens is 308 g/mol. The van der Waals surface area contributed by atoms with Gasteiger partial charge in [-0.05, 0) is 30.9 Å². The molecule has 3 N–H and O–H groups in total. The van der Waals surface area contributed by atoms with Crippen LogP contribution in [0.3, 0.4) is 0 Å². The molecule has 0 spiro atoms. The van der Waals surface area contributed by atoms with E-state index in [1.54, 1.807) is 12.1 Å².